The highest BCUT2D eigenvalue weighted by Crippen LogP contribution is 2.51. The van der Waals surface area contributed by atoms with Crippen molar-refractivity contribution in [1.29, 1.82) is 0 Å². The summed E-state index contributed by atoms with van der Waals surface area (Å²) in [4.78, 5) is 13.5. The van der Waals surface area contributed by atoms with Gasteiger partial charge in [-0.15, -0.1) is 0 Å². The van der Waals surface area contributed by atoms with Crippen molar-refractivity contribution < 1.29 is 14.3 Å². The topological polar surface area (TPSA) is 47.6 Å². The summed E-state index contributed by atoms with van der Waals surface area (Å²) < 4.78 is 11.0. The minimum absolute atomic E-state index is 0.252. The molecule has 4 heteroatoms. The molecule has 3 aromatic carbocycles. The van der Waals surface area contributed by atoms with Gasteiger partial charge in [-0.2, -0.15) is 0 Å². The maximum absolute atomic E-state index is 13.5. The fourth-order valence-corrected chi connectivity index (χ4v) is 5.29. The van der Waals surface area contributed by atoms with E-state index in [0.29, 0.717) is 6.42 Å². The van der Waals surface area contributed by atoms with Crippen LogP contribution in [0.15, 0.2) is 60.7 Å². The van der Waals surface area contributed by atoms with E-state index in [9.17, 15) is 4.79 Å². The van der Waals surface area contributed by atoms with Crippen LogP contribution in [0.4, 0.5) is 0 Å². The van der Waals surface area contributed by atoms with E-state index in [1.165, 1.54) is 35.1 Å². The molecule has 1 aliphatic heterocycles. The lowest BCUT2D eigenvalue weighted by Crippen LogP contribution is -2.22. The highest BCUT2D eigenvalue weighted by Gasteiger charge is 2.50. The second-order valence-corrected chi connectivity index (χ2v) is 10.4. The molecule has 2 aliphatic rings. The van der Waals surface area contributed by atoms with Crippen LogP contribution in [0, 0.1) is 12.8 Å². The van der Waals surface area contributed by atoms with Crippen molar-refractivity contribution in [3.05, 3.63) is 82.9 Å². The predicted molar refractivity (Wildman–Crippen MR) is 145 cm³/mol. The first kappa shape index (κ1) is 24.6. The molecule has 5 rings (SSSR count). The highest BCUT2D eigenvalue weighted by molar-refractivity contribution is 5.95. The van der Waals surface area contributed by atoms with E-state index in [1.807, 2.05) is 18.2 Å². The Labute approximate surface area is 215 Å². The van der Waals surface area contributed by atoms with Gasteiger partial charge in [-0.1, -0.05) is 75.2 Å². The van der Waals surface area contributed by atoms with Crippen LogP contribution in [0.25, 0.3) is 11.1 Å². The first-order chi connectivity index (χ1) is 17.5. The Kier molecular flexibility index (Phi) is 7.15. The number of Topliss-reactive ketones (excluding diaryl/α,β-unsaturated/α-hetero) is 1. The van der Waals surface area contributed by atoms with Crippen LogP contribution in [-0.4, -0.2) is 19.1 Å². The number of rotatable bonds is 11. The Morgan fingerprint density at radius 2 is 1.64 bits per heavy atom. The lowest BCUT2D eigenvalue weighted by Gasteiger charge is -2.16. The van der Waals surface area contributed by atoms with E-state index in [2.05, 4.69) is 68.6 Å². The summed E-state index contributed by atoms with van der Waals surface area (Å²) >= 11 is 0. The highest BCUT2D eigenvalue weighted by atomic mass is 16.7. The zero-order valence-corrected chi connectivity index (χ0v) is 21.7. The maximum Gasteiger partial charge on any atom is 0.231 e. The van der Waals surface area contributed by atoms with Crippen molar-refractivity contribution in [2.75, 3.05) is 13.3 Å². The lowest BCUT2D eigenvalue weighted by atomic mass is 9.87. The average Bonchev–Trinajstić information content (AvgIpc) is 3.59. The molecule has 0 aromatic heterocycles. The maximum atomic E-state index is 13.5. The number of ether oxygens (including phenoxy) is 2. The monoisotopic (exact) mass is 483 g/mol. The smallest absolute Gasteiger partial charge is 0.231 e. The van der Waals surface area contributed by atoms with Crippen LogP contribution in [-0.2, 0) is 23.2 Å². The summed E-state index contributed by atoms with van der Waals surface area (Å²) in [5.41, 5.74) is 6.67. The third-order valence-corrected chi connectivity index (χ3v) is 8.06. The molecule has 36 heavy (non-hydrogen) atoms. The van der Waals surface area contributed by atoms with Crippen LogP contribution < -0.4 is 14.8 Å². The minimum Gasteiger partial charge on any atom is -0.454 e. The van der Waals surface area contributed by atoms with E-state index in [0.717, 1.165) is 54.5 Å². The molecule has 188 valence electrons. The van der Waals surface area contributed by atoms with E-state index in [4.69, 9.17) is 9.47 Å². The van der Waals surface area contributed by atoms with Crippen molar-refractivity contribution >= 4 is 5.78 Å². The van der Waals surface area contributed by atoms with Gasteiger partial charge >= 0.3 is 0 Å². The third kappa shape index (κ3) is 5.05. The molecule has 0 spiro atoms. The summed E-state index contributed by atoms with van der Waals surface area (Å²) in [6, 6.07) is 21.2. The Hall–Kier alpha value is -3.11. The molecule has 4 nitrogen and oxygen atoms in total. The van der Waals surface area contributed by atoms with E-state index < -0.39 is 0 Å². The first-order valence-corrected chi connectivity index (χ1v) is 13.4. The normalized spacial score (nSPS) is 15.3. The Bertz CT molecular complexity index is 1220. The number of hydrogen-bond acceptors (Lipinski definition) is 4. The van der Waals surface area contributed by atoms with Crippen LogP contribution in [0.1, 0.15) is 61.8 Å². The molecule has 1 aliphatic carbocycles. The van der Waals surface area contributed by atoms with Crippen molar-refractivity contribution in [1.82, 2.24) is 5.32 Å². The summed E-state index contributed by atoms with van der Waals surface area (Å²) in [6.07, 6.45) is 4.68. The van der Waals surface area contributed by atoms with Crippen LogP contribution >= 0.6 is 0 Å². The Morgan fingerprint density at radius 1 is 0.917 bits per heavy atom. The summed E-state index contributed by atoms with van der Waals surface area (Å²) in [5, 5.41) is 3.60. The second-order valence-electron chi connectivity index (χ2n) is 10.4. The molecule has 0 amide bonds. The summed E-state index contributed by atoms with van der Waals surface area (Å²) in [7, 11) is 0. The SMILES string of the molecule is CCC(CC)CNCc1ccc(-c2cc(CC(=O)C3(c4ccc5c(c4)OCO5)CC3)ccc2C)cc1. The molecule has 1 N–H and O–H groups in total. The number of fused-ring (bicyclic) bond motifs is 1. The molecule has 3 aromatic rings. The minimum atomic E-state index is -0.380. The van der Waals surface area contributed by atoms with Gasteiger partial charge in [0.25, 0.3) is 0 Å². The van der Waals surface area contributed by atoms with Gasteiger partial charge in [0.2, 0.25) is 6.79 Å². The Balaban J connectivity index is 1.27. The fraction of sp³-hybridized carbons (Fsp3) is 0.406. The molecule has 0 unspecified atom stereocenters. The lowest BCUT2D eigenvalue weighted by molar-refractivity contribution is -0.120. The number of ketones is 1. The number of benzene rings is 3. The zero-order chi connectivity index (χ0) is 25.1. The van der Waals surface area contributed by atoms with Crippen molar-refractivity contribution in [2.45, 2.75) is 64.8 Å². The van der Waals surface area contributed by atoms with Crippen LogP contribution in [0.2, 0.25) is 0 Å². The van der Waals surface area contributed by atoms with Gasteiger partial charge < -0.3 is 14.8 Å². The molecular weight excluding hydrogens is 446 g/mol. The van der Waals surface area contributed by atoms with Gasteiger partial charge in [-0.3, -0.25) is 4.79 Å². The van der Waals surface area contributed by atoms with Gasteiger partial charge in [0.05, 0.1) is 5.41 Å². The molecule has 0 radical (unpaired) electrons. The van der Waals surface area contributed by atoms with Crippen molar-refractivity contribution in [3.8, 4) is 22.6 Å². The van der Waals surface area contributed by atoms with Gasteiger partial charge in [-0.25, -0.2) is 0 Å². The first-order valence-electron chi connectivity index (χ1n) is 13.4. The Morgan fingerprint density at radius 3 is 2.36 bits per heavy atom. The molecule has 1 saturated carbocycles. The summed E-state index contributed by atoms with van der Waals surface area (Å²) in [5.74, 6) is 2.55. The van der Waals surface area contributed by atoms with Gasteiger partial charge in [0, 0.05) is 13.0 Å². The van der Waals surface area contributed by atoms with E-state index >= 15 is 0 Å². The number of hydrogen-bond donors (Lipinski definition) is 1. The van der Waals surface area contributed by atoms with Gasteiger partial charge in [0.1, 0.15) is 5.78 Å². The number of aryl methyl sites for hydroxylation is 1. The van der Waals surface area contributed by atoms with Crippen LogP contribution in [0.3, 0.4) is 0 Å². The number of nitrogens with one attached hydrogen (secondary N) is 1. The third-order valence-electron chi connectivity index (χ3n) is 8.06. The van der Waals surface area contributed by atoms with E-state index in [-0.39, 0.29) is 18.0 Å². The quantitative estimate of drug-likeness (QED) is 0.327. The molecule has 1 fully saturated rings. The van der Waals surface area contributed by atoms with Crippen molar-refractivity contribution in [3.63, 3.8) is 0 Å². The van der Waals surface area contributed by atoms with Gasteiger partial charge in [0.15, 0.2) is 11.5 Å². The molecule has 1 heterocycles. The average molecular weight is 484 g/mol. The molecule has 0 bridgehead atoms. The standard InChI is InChI=1S/C32H37NO3/c1-4-23(5-2)19-33-20-24-8-10-26(11-9-24)28-16-25(7-6-22(28)3)17-31(34)32(14-15-32)27-12-13-29-30(18-27)36-21-35-29/h6-13,16,18,23,33H,4-5,14-15,17,19-21H2,1-3H3. The fourth-order valence-electron chi connectivity index (χ4n) is 5.29. The largest absolute Gasteiger partial charge is 0.454 e. The number of carbonyl (C=O) groups excluding carboxylic acids is 1. The molecular formula is C32H37NO3. The molecule has 0 atom stereocenters. The summed E-state index contributed by atoms with van der Waals surface area (Å²) in [6.45, 7) is 8.87. The predicted octanol–water partition coefficient (Wildman–Crippen LogP) is 6.76. The second kappa shape index (κ2) is 10.5. The number of carbonyl (C=O) groups is 1. The molecule has 0 saturated heterocycles. The van der Waals surface area contributed by atoms with Crippen molar-refractivity contribution in [2.24, 2.45) is 5.92 Å². The van der Waals surface area contributed by atoms with Crippen LogP contribution in [0.5, 0.6) is 11.5 Å². The zero-order valence-electron chi connectivity index (χ0n) is 21.7. The van der Waals surface area contributed by atoms with E-state index in [1.54, 1.807) is 0 Å². The van der Waals surface area contributed by atoms with Gasteiger partial charge in [-0.05, 0) is 77.7 Å².